The number of unbranched alkanes of at least 4 members (excludes halogenated alkanes) is 22. The standard InChI is InChI=1S/C46H87NO4/c1-4-7-10-13-16-17-18-21-30-40-51-46(50)37-28-23-29-38-47-39-31-35-44(47)45(49)36-27-22-26-34-43(48)41-42(32-24-19-14-11-8-5-2)33-25-20-15-12-9-6-3/h42,44H,4-41H2,1-3H3. The van der Waals surface area contributed by atoms with Crippen LogP contribution in [-0.4, -0.2) is 48.2 Å². The molecule has 5 nitrogen and oxygen atoms in total. The summed E-state index contributed by atoms with van der Waals surface area (Å²) in [4.78, 5) is 40.6. The van der Waals surface area contributed by atoms with Crippen LogP contribution >= 0.6 is 0 Å². The second-order valence-corrected chi connectivity index (χ2v) is 16.3. The van der Waals surface area contributed by atoms with Crippen LogP contribution in [0.3, 0.4) is 0 Å². The number of ketones is 2. The van der Waals surface area contributed by atoms with Gasteiger partial charge in [-0.15, -0.1) is 0 Å². The predicted molar refractivity (Wildman–Crippen MR) is 218 cm³/mol. The van der Waals surface area contributed by atoms with Crippen LogP contribution in [0.2, 0.25) is 0 Å². The van der Waals surface area contributed by atoms with Crippen LogP contribution in [-0.2, 0) is 19.1 Å². The number of carbonyl (C=O) groups is 3. The largest absolute Gasteiger partial charge is 0.466 e. The summed E-state index contributed by atoms with van der Waals surface area (Å²) in [5.41, 5.74) is 0. The molecule has 0 aliphatic carbocycles. The lowest BCUT2D eigenvalue weighted by Gasteiger charge is -2.23. The van der Waals surface area contributed by atoms with Crippen LogP contribution < -0.4 is 0 Å². The molecule has 0 radical (unpaired) electrons. The van der Waals surface area contributed by atoms with Crippen LogP contribution in [0, 0.1) is 5.92 Å². The Bertz CT molecular complexity index is 797. The van der Waals surface area contributed by atoms with Crippen molar-refractivity contribution in [2.75, 3.05) is 19.7 Å². The van der Waals surface area contributed by atoms with Gasteiger partial charge in [-0.25, -0.2) is 0 Å². The van der Waals surface area contributed by atoms with E-state index in [1.165, 1.54) is 135 Å². The normalized spacial score (nSPS) is 14.9. The van der Waals surface area contributed by atoms with Crippen molar-refractivity contribution in [3.8, 4) is 0 Å². The second-order valence-electron chi connectivity index (χ2n) is 16.3. The highest BCUT2D eigenvalue weighted by atomic mass is 16.5. The summed E-state index contributed by atoms with van der Waals surface area (Å²) in [5, 5.41) is 0. The zero-order valence-electron chi connectivity index (χ0n) is 34.6. The van der Waals surface area contributed by atoms with E-state index in [0.717, 1.165) is 83.7 Å². The third-order valence-corrected chi connectivity index (χ3v) is 11.4. The maximum absolute atomic E-state index is 13.1. The van der Waals surface area contributed by atoms with Crippen molar-refractivity contribution in [2.45, 2.75) is 252 Å². The van der Waals surface area contributed by atoms with Gasteiger partial charge in [0.15, 0.2) is 0 Å². The monoisotopic (exact) mass is 718 g/mol. The first kappa shape index (κ1) is 47.8. The van der Waals surface area contributed by atoms with E-state index in [4.69, 9.17) is 4.74 Å². The summed E-state index contributed by atoms with van der Waals surface area (Å²) in [5.74, 6) is 1.38. The summed E-state index contributed by atoms with van der Waals surface area (Å²) in [7, 11) is 0. The van der Waals surface area contributed by atoms with E-state index in [9.17, 15) is 14.4 Å². The van der Waals surface area contributed by atoms with Gasteiger partial charge in [-0.2, -0.15) is 0 Å². The minimum absolute atomic E-state index is 0.0494. The molecule has 1 heterocycles. The summed E-state index contributed by atoms with van der Waals surface area (Å²) in [6, 6.07) is 0.0811. The lowest BCUT2D eigenvalue weighted by atomic mass is 9.89. The molecule has 51 heavy (non-hydrogen) atoms. The Labute approximate surface area is 318 Å². The van der Waals surface area contributed by atoms with E-state index in [0.29, 0.717) is 43.4 Å². The van der Waals surface area contributed by atoms with Crippen molar-refractivity contribution in [1.29, 1.82) is 0 Å². The lowest BCUT2D eigenvalue weighted by Crippen LogP contribution is -2.36. The van der Waals surface area contributed by atoms with Gasteiger partial charge in [-0.1, -0.05) is 175 Å². The molecule has 1 fully saturated rings. The van der Waals surface area contributed by atoms with Gasteiger partial charge in [0.2, 0.25) is 0 Å². The topological polar surface area (TPSA) is 63.7 Å². The average Bonchev–Trinajstić information content (AvgIpc) is 3.60. The zero-order chi connectivity index (χ0) is 37.0. The molecule has 0 amide bonds. The molecule has 0 aromatic carbocycles. The van der Waals surface area contributed by atoms with Gasteiger partial charge in [0, 0.05) is 25.7 Å². The molecule has 1 rings (SSSR count). The number of ether oxygens (including phenoxy) is 1. The number of Topliss-reactive ketones (excluding diaryl/α,β-unsaturated/α-hetero) is 2. The van der Waals surface area contributed by atoms with Crippen LogP contribution in [0.15, 0.2) is 0 Å². The third kappa shape index (κ3) is 28.9. The van der Waals surface area contributed by atoms with E-state index in [1.807, 2.05) is 0 Å². The molecule has 0 aromatic rings. The van der Waals surface area contributed by atoms with Gasteiger partial charge in [0.05, 0.1) is 12.6 Å². The molecule has 300 valence electrons. The maximum Gasteiger partial charge on any atom is 0.305 e. The average molecular weight is 718 g/mol. The fourth-order valence-electron chi connectivity index (χ4n) is 8.05. The maximum atomic E-state index is 13.1. The van der Waals surface area contributed by atoms with Crippen LogP contribution in [0.25, 0.3) is 0 Å². The van der Waals surface area contributed by atoms with Crippen LogP contribution in [0.5, 0.6) is 0 Å². The molecule has 1 atom stereocenters. The van der Waals surface area contributed by atoms with E-state index in [1.54, 1.807) is 0 Å². The minimum Gasteiger partial charge on any atom is -0.466 e. The highest BCUT2D eigenvalue weighted by Crippen LogP contribution is 2.25. The number of hydrogen-bond donors (Lipinski definition) is 0. The van der Waals surface area contributed by atoms with E-state index in [-0.39, 0.29) is 12.0 Å². The first-order valence-corrected chi connectivity index (χ1v) is 23.0. The molecular formula is C46H87NO4. The summed E-state index contributed by atoms with van der Waals surface area (Å²) >= 11 is 0. The molecule has 5 heteroatoms. The highest BCUT2D eigenvalue weighted by Gasteiger charge is 2.29. The Balaban J connectivity index is 2.15. The zero-order valence-corrected chi connectivity index (χ0v) is 34.6. The number of rotatable bonds is 39. The predicted octanol–water partition coefficient (Wildman–Crippen LogP) is 13.7. The van der Waals surface area contributed by atoms with Crippen LogP contribution in [0.4, 0.5) is 0 Å². The fraction of sp³-hybridized carbons (Fsp3) is 0.935. The Morgan fingerprint density at radius 2 is 1.02 bits per heavy atom. The molecule has 0 saturated carbocycles. The number of carbonyl (C=O) groups excluding carboxylic acids is 3. The van der Waals surface area contributed by atoms with Gasteiger partial charge in [0.25, 0.3) is 0 Å². The van der Waals surface area contributed by atoms with Gasteiger partial charge >= 0.3 is 5.97 Å². The quantitative estimate of drug-likeness (QED) is 0.0468. The van der Waals surface area contributed by atoms with Gasteiger partial charge in [-0.05, 0) is 64.0 Å². The Morgan fingerprint density at radius 1 is 0.549 bits per heavy atom. The smallest absolute Gasteiger partial charge is 0.305 e. The first-order chi connectivity index (χ1) is 25.0. The van der Waals surface area contributed by atoms with E-state index >= 15 is 0 Å². The Kier molecular flexibility index (Phi) is 33.5. The Hall–Kier alpha value is -1.23. The van der Waals surface area contributed by atoms with Crippen molar-refractivity contribution >= 4 is 17.5 Å². The fourth-order valence-corrected chi connectivity index (χ4v) is 8.05. The van der Waals surface area contributed by atoms with E-state index < -0.39 is 0 Å². The second kappa shape index (κ2) is 35.8. The molecule has 0 aromatic heterocycles. The molecule has 1 saturated heterocycles. The highest BCUT2D eigenvalue weighted by molar-refractivity contribution is 5.84. The van der Waals surface area contributed by atoms with Crippen molar-refractivity contribution in [2.24, 2.45) is 5.92 Å². The summed E-state index contributed by atoms with van der Waals surface area (Å²) in [6.07, 6.45) is 40.3. The first-order valence-electron chi connectivity index (χ1n) is 23.0. The molecular weight excluding hydrogens is 631 g/mol. The SMILES string of the molecule is CCCCCCCCCCCOC(=O)CCCCCN1CCCC1C(=O)CCCCCC(=O)CC(CCCCCCCC)CCCCCCCC. The van der Waals surface area contributed by atoms with Crippen LogP contribution in [0.1, 0.15) is 245 Å². The van der Waals surface area contributed by atoms with Crippen molar-refractivity contribution < 1.29 is 19.1 Å². The molecule has 1 unspecified atom stereocenters. The van der Waals surface area contributed by atoms with Gasteiger partial charge in [-0.3, -0.25) is 19.3 Å². The number of nitrogens with zero attached hydrogens (tertiary/aromatic N) is 1. The van der Waals surface area contributed by atoms with Crippen molar-refractivity contribution in [3.05, 3.63) is 0 Å². The Morgan fingerprint density at radius 3 is 1.61 bits per heavy atom. The lowest BCUT2D eigenvalue weighted by molar-refractivity contribution is -0.144. The number of esters is 1. The third-order valence-electron chi connectivity index (χ3n) is 11.4. The van der Waals surface area contributed by atoms with Gasteiger partial charge < -0.3 is 4.74 Å². The molecule has 1 aliphatic heterocycles. The molecule has 0 N–H and O–H groups in total. The molecule has 0 spiro atoms. The summed E-state index contributed by atoms with van der Waals surface area (Å²) < 4.78 is 5.46. The molecule has 1 aliphatic rings. The minimum atomic E-state index is -0.0494. The van der Waals surface area contributed by atoms with Crippen molar-refractivity contribution in [1.82, 2.24) is 4.90 Å². The number of likely N-dealkylation sites (tertiary alicyclic amines) is 1. The molecule has 0 bridgehead atoms. The number of hydrogen-bond acceptors (Lipinski definition) is 5. The van der Waals surface area contributed by atoms with Gasteiger partial charge in [0.1, 0.15) is 11.6 Å². The summed E-state index contributed by atoms with van der Waals surface area (Å²) in [6.45, 7) is 9.35. The van der Waals surface area contributed by atoms with Crippen molar-refractivity contribution in [3.63, 3.8) is 0 Å². The van der Waals surface area contributed by atoms with E-state index in [2.05, 4.69) is 25.7 Å².